The van der Waals surface area contributed by atoms with E-state index in [1.807, 2.05) is 12.1 Å². The first kappa shape index (κ1) is 20.1. The number of phenols is 1. The number of esters is 1. The zero-order chi connectivity index (χ0) is 17.4. The first-order valence-corrected chi connectivity index (χ1v) is 9.05. The minimum Gasteiger partial charge on any atom is -0.508 e. The number of ether oxygens (including phenoxy) is 1. The van der Waals surface area contributed by atoms with Crippen molar-refractivity contribution in [1.29, 1.82) is 0 Å². The second-order valence-electron chi connectivity index (χ2n) is 7.77. The molecule has 0 aliphatic heterocycles. The molecule has 5 heteroatoms. The van der Waals surface area contributed by atoms with Crippen molar-refractivity contribution in [3.63, 3.8) is 0 Å². The number of rotatable bonds is 4. The molecule has 0 amide bonds. The fourth-order valence-corrected chi connectivity index (χ4v) is 4.99. The molecule has 1 aromatic rings. The highest BCUT2D eigenvalue weighted by atomic mass is 35.5. The van der Waals surface area contributed by atoms with E-state index < -0.39 is 5.60 Å². The number of phenolic OH excluding ortho intramolecular Hbond substituents is 1. The standard InChI is InChI=1S/C20H29NO3.ClH/c1-15(22)24-20-10-5-4-9-19(20,12-13-21(2)3)18-14-17(23)7-6-16(18)8-11-20;/h6-7,14,23H,4-5,8-13H2,1-3H3;1H/t19-,20+;/m0./s1. The molecule has 0 unspecified atom stereocenters. The van der Waals surface area contributed by atoms with Crippen LogP contribution in [0, 0.1) is 0 Å². The molecule has 0 heterocycles. The molecule has 0 radical (unpaired) electrons. The van der Waals surface area contributed by atoms with Gasteiger partial charge in [-0.15, -0.1) is 12.4 Å². The number of benzene rings is 1. The summed E-state index contributed by atoms with van der Waals surface area (Å²) in [6.45, 7) is 2.47. The van der Waals surface area contributed by atoms with E-state index in [4.69, 9.17) is 4.74 Å². The molecule has 1 N–H and O–H groups in total. The zero-order valence-corrected chi connectivity index (χ0v) is 16.3. The molecule has 0 spiro atoms. The number of aromatic hydroxyl groups is 1. The van der Waals surface area contributed by atoms with Crippen LogP contribution in [0.3, 0.4) is 0 Å². The van der Waals surface area contributed by atoms with Gasteiger partial charge in [0.1, 0.15) is 11.4 Å². The number of halogens is 1. The summed E-state index contributed by atoms with van der Waals surface area (Å²) in [5, 5.41) is 10.1. The molecule has 1 saturated carbocycles. The van der Waals surface area contributed by atoms with Crippen LogP contribution in [0.5, 0.6) is 5.75 Å². The maximum absolute atomic E-state index is 11.9. The Hall–Kier alpha value is -1.26. The maximum atomic E-state index is 11.9. The molecule has 1 fully saturated rings. The molecule has 2 aliphatic carbocycles. The molecule has 140 valence electrons. The number of fused-ring (bicyclic) bond motifs is 3. The van der Waals surface area contributed by atoms with Gasteiger partial charge in [-0.25, -0.2) is 0 Å². The fourth-order valence-electron chi connectivity index (χ4n) is 4.99. The summed E-state index contributed by atoms with van der Waals surface area (Å²) in [4.78, 5) is 14.1. The van der Waals surface area contributed by atoms with E-state index >= 15 is 0 Å². The van der Waals surface area contributed by atoms with Gasteiger partial charge in [0, 0.05) is 12.3 Å². The van der Waals surface area contributed by atoms with Gasteiger partial charge in [-0.1, -0.05) is 12.5 Å². The highest BCUT2D eigenvalue weighted by Gasteiger charge is 2.58. The number of hydrogen-bond donors (Lipinski definition) is 1. The van der Waals surface area contributed by atoms with Gasteiger partial charge in [-0.05, 0) is 82.4 Å². The van der Waals surface area contributed by atoms with Crippen molar-refractivity contribution in [3.05, 3.63) is 29.3 Å². The van der Waals surface area contributed by atoms with E-state index in [1.54, 1.807) is 6.07 Å². The SMILES string of the molecule is CC(=O)O[C@@]12CCCC[C@]1(CCN(C)C)c1cc(O)ccc1CC2.Cl. The molecule has 0 bridgehead atoms. The Kier molecular flexibility index (Phi) is 6.05. The Morgan fingerprint density at radius 2 is 1.96 bits per heavy atom. The number of hydrogen-bond acceptors (Lipinski definition) is 4. The highest BCUT2D eigenvalue weighted by Crippen LogP contribution is 2.57. The molecule has 0 saturated heterocycles. The number of carbonyl (C=O) groups excluding carboxylic acids is 1. The predicted octanol–water partition coefficient (Wildman–Crippen LogP) is 3.83. The Bertz CT molecular complexity index is 633. The van der Waals surface area contributed by atoms with Crippen molar-refractivity contribution in [3.8, 4) is 5.75 Å². The average molecular weight is 368 g/mol. The summed E-state index contributed by atoms with van der Waals surface area (Å²) in [5.41, 5.74) is 1.90. The first-order valence-electron chi connectivity index (χ1n) is 9.05. The third-order valence-electron chi connectivity index (χ3n) is 6.04. The molecule has 1 aromatic carbocycles. The van der Waals surface area contributed by atoms with Crippen molar-refractivity contribution in [1.82, 2.24) is 4.90 Å². The Morgan fingerprint density at radius 3 is 2.64 bits per heavy atom. The lowest BCUT2D eigenvalue weighted by atomic mass is 9.53. The maximum Gasteiger partial charge on any atom is 0.303 e. The van der Waals surface area contributed by atoms with Crippen LogP contribution in [-0.2, 0) is 21.4 Å². The summed E-state index contributed by atoms with van der Waals surface area (Å²) in [7, 11) is 4.17. The van der Waals surface area contributed by atoms with Crippen molar-refractivity contribution in [2.45, 2.75) is 62.9 Å². The van der Waals surface area contributed by atoms with Gasteiger partial charge < -0.3 is 14.7 Å². The van der Waals surface area contributed by atoms with Crippen LogP contribution in [0.2, 0.25) is 0 Å². The number of nitrogens with zero attached hydrogens (tertiary/aromatic N) is 1. The van der Waals surface area contributed by atoms with Crippen molar-refractivity contribution in [2.24, 2.45) is 0 Å². The van der Waals surface area contributed by atoms with Gasteiger partial charge in [0.2, 0.25) is 0 Å². The quantitative estimate of drug-likeness (QED) is 0.822. The van der Waals surface area contributed by atoms with Gasteiger partial charge in [0.05, 0.1) is 0 Å². The average Bonchev–Trinajstić information content (AvgIpc) is 2.52. The minimum absolute atomic E-state index is 0. The monoisotopic (exact) mass is 367 g/mol. The van der Waals surface area contributed by atoms with Gasteiger partial charge in [-0.3, -0.25) is 4.79 Å². The number of carbonyl (C=O) groups is 1. The van der Waals surface area contributed by atoms with E-state index in [-0.39, 0.29) is 23.8 Å². The highest BCUT2D eigenvalue weighted by molar-refractivity contribution is 5.85. The summed E-state index contributed by atoms with van der Waals surface area (Å²) < 4.78 is 6.08. The van der Waals surface area contributed by atoms with Crippen LogP contribution in [0.1, 0.15) is 56.6 Å². The fraction of sp³-hybridized carbons (Fsp3) is 0.650. The summed E-state index contributed by atoms with van der Waals surface area (Å²) in [5.74, 6) is 0.122. The van der Waals surface area contributed by atoms with E-state index in [1.165, 1.54) is 18.1 Å². The van der Waals surface area contributed by atoms with Crippen LogP contribution in [0.4, 0.5) is 0 Å². The van der Waals surface area contributed by atoms with Gasteiger partial charge in [0.25, 0.3) is 0 Å². The third kappa shape index (κ3) is 3.52. The van der Waals surface area contributed by atoms with Crippen molar-refractivity contribution < 1.29 is 14.6 Å². The largest absolute Gasteiger partial charge is 0.508 e. The van der Waals surface area contributed by atoms with E-state index in [9.17, 15) is 9.90 Å². The topological polar surface area (TPSA) is 49.8 Å². The lowest BCUT2D eigenvalue weighted by molar-refractivity contribution is -0.177. The normalized spacial score (nSPS) is 27.8. The lowest BCUT2D eigenvalue weighted by Crippen LogP contribution is -2.59. The van der Waals surface area contributed by atoms with E-state index in [0.717, 1.165) is 51.5 Å². The second-order valence-corrected chi connectivity index (χ2v) is 7.77. The van der Waals surface area contributed by atoms with E-state index in [0.29, 0.717) is 5.75 Å². The predicted molar refractivity (Wildman–Crippen MR) is 101 cm³/mol. The molecular weight excluding hydrogens is 338 g/mol. The van der Waals surface area contributed by atoms with Gasteiger partial charge >= 0.3 is 5.97 Å². The van der Waals surface area contributed by atoms with Gasteiger partial charge in [0.15, 0.2) is 0 Å². The molecule has 25 heavy (non-hydrogen) atoms. The van der Waals surface area contributed by atoms with Crippen LogP contribution in [0.15, 0.2) is 18.2 Å². The zero-order valence-electron chi connectivity index (χ0n) is 15.5. The summed E-state index contributed by atoms with van der Waals surface area (Å²) in [6.07, 6.45) is 6.94. The van der Waals surface area contributed by atoms with Crippen LogP contribution in [0.25, 0.3) is 0 Å². The minimum atomic E-state index is -0.423. The Balaban J connectivity index is 0.00000225. The lowest BCUT2D eigenvalue weighted by Gasteiger charge is -2.56. The molecule has 4 nitrogen and oxygen atoms in total. The van der Waals surface area contributed by atoms with Crippen LogP contribution in [-0.4, -0.2) is 42.2 Å². The second kappa shape index (κ2) is 7.55. The number of aryl methyl sites for hydroxylation is 1. The summed E-state index contributed by atoms with van der Waals surface area (Å²) >= 11 is 0. The molecule has 0 aromatic heterocycles. The first-order chi connectivity index (χ1) is 11.4. The summed E-state index contributed by atoms with van der Waals surface area (Å²) in [6, 6.07) is 5.75. The molecular formula is C20H30ClNO3. The van der Waals surface area contributed by atoms with E-state index in [2.05, 4.69) is 19.0 Å². The van der Waals surface area contributed by atoms with Gasteiger partial charge in [-0.2, -0.15) is 0 Å². The van der Waals surface area contributed by atoms with Crippen LogP contribution < -0.4 is 0 Å². The van der Waals surface area contributed by atoms with Crippen LogP contribution >= 0.6 is 12.4 Å². The smallest absolute Gasteiger partial charge is 0.303 e. The Labute approximate surface area is 157 Å². The molecule has 2 aliphatic rings. The molecule has 2 atom stereocenters. The van der Waals surface area contributed by atoms with Crippen molar-refractivity contribution in [2.75, 3.05) is 20.6 Å². The van der Waals surface area contributed by atoms with Crippen molar-refractivity contribution >= 4 is 18.4 Å². The Morgan fingerprint density at radius 1 is 1.24 bits per heavy atom. The third-order valence-corrected chi connectivity index (χ3v) is 6.04. The molecule has 3 rings (SSSR count).